The normalized spacial score (nSPS) is 10.2. The molecule has 0 bridgehead atoms. The minimum absolute atomic E-state index is 0.0267. The molecule has 0 aromatic carbocycles. The average Bonchev–Trinajstić information content (AvgIpc) is 2.83. The van der Waals surface area contributed by atoms with E-state index in [1.165, 1.54) is 0 Å². The number of ether oxygens (including phenoxy) is 1. The molecule has 0 saturated heterocycles. The molecule has 0 fully saturated rings. The summed E-state index contributed by atoms with van der Waals surface area (Å²) >= 11 is 0. The van der Waals surface area contributed by atoms with Crippen LogP contribution in [0.4, 0.5) is 0 Å². The SMILES string of the molecule is Cc1cc(CCNC(=O)COc2cccnc2)on1. The van der Waals surface area contributed by atoms with Gasteiger partial charge in [-0.3, -0.25) is 9.78 Å². The van der Waals surface area contributed by atoms with Gasteiger partial charge in [0.25, 0.3) is 5.91 Å². The monoisotopic (exact) mass is 261 g/mol. The van der Waals surface area contributed by atoms with Gasteiger partial charge in [-0.05, 0) is 19.1 Å². The zero-order valence-electron chi connectivity index (χ0n) is 10.6. The minimum atomic E-state index is -0.180. The number of carbonyl (C=O) groups excluding carboxylic acids is 1. The second kappa shape index (κ2) is 6.53. The number of aromatic nitrogens is 2. The molecular formula is C13H15N3O3. The third-order valence-corrected chi connectivity index (χ3v) is 2.37. The van der Waals surface area contributed by atoms with Gasteiger partial charge in [0.2, 0.25) is 0 Å². The number of rotatable bonds is 6. The standard InChI is InChI=1S/C13H15N3O3/c1-10-7-11(19-16-10)4-6-15-13(17)9-18-12-3-2-5-14-8-12/h2-3,5,7-8H,4,6,9H2,1H3,(H,15,17). The Morgan fingerprint density at radius 3 is 3.11 bits per heavy atom. The minimum Gasteiger partial charge on any atom is -0.482 e. The van der Waals surface area contributed by atoms with E-state index in [0.717, 1.165) is 11.5 Å². The lowest BCUT2D eigenvalue weighted by Gasteiger charge is -2.06. The second-order valence-corrected chi connectivity index (χ2v) is 4.01. The third kappa shape index (κ3) is 4.42. The first-order valence-corrected chi connectivity index (χ1v) is 5.96. The summed E-state index contributed by atoms with van der Waals surface area (Å²) in [5, 5.41) is 6.51. The molecule has 0 aliphatic heterocycles. The van der Waals surface area contributed by atoms with Gasteiger partial charge < -0.3 is 14.6 Å². The fourth-order valence-electron chi connectivity index (χ4n) is 1.49. The average molecular weight is 261 g/mol. The van der Waals surface area contributed by atoms with Gasteiger partial charge in [0, 0.05) is 25.2 Å². The lowest BCUT2D eigenvalue weighted by atomic mass is 10.3. The van der Waals surface area contributed by atoms with Crippen molar-refractivity contribution in [2.45, 2.75) is 13.3 Å². The van der Waals surface area contributed by atoms with E-state index < -0.39 is 0 Å². The Hall–Kier alpha value is -2.37. The Balaban J connectivity index is 1.65. The number of aryl methyl sites for hydroxylation is 1. The maximum Gasteiger partial charge on any atom is 0.257 e. The van der Waals surface area contributed by atoms with Crippen LogP contribution in [0.2, 0.25) is 0 Å². The summed E-state index contributed by atoms with van der Waals surface area (Å²) in [6.45, 7) is 2.32. The highest BCUT2D eigenvalue weighted by atomic mass is 16.5. The molecule has 2 heterocycles. The highest BCUT2D eigenvalue weighted by molar-refractivity contribution is 5.77. The van der Waals surface area contributed by atoms with Crippen molar-refractivity contribution < 1.29 is 14.1 Å². The summed E-state index contributed by atoms with van der Waals surface area (Å²) in [6, 6.07) is 5.34. The van der Waals surface area contributed by atoms with E-state index in [4.69, 9.17) is 9.26 Å². The van der Waals surface area contributed by atoms with Crippen molar-refractivity contribution in [3.05, 3.63) is 42.0 Å². The Morgan fingerprint density at radius 2 is 2.42 bits per heavy atom. The van der Waals surface area contributed by atoms with E-state index in [0.29, 0.717) is 18.7 Å². The summed E-state index contributed by atoms with van der Waals surface area (Å²) in [4.78, 5) is 15.4. The molecule has 1 amide bonds. The van der Waals surface area contributed by atoms with Gasteiger partial charge in [-0.15, -0.1) is 0 Å². The first-order valence-electron chi connectivity index (χ1n) is 5.96. The molecule has 6 heteroatoms. The van der Waals surface area contributed by atoms with Crippen LogP contribution in [-0.4, -0.2) is 29.2 Å². The van der Waals surface area contributed by atoms with E-state index in [1.807, 2.05) is 13.0 Å². The van der Waals surface area contributed by atoms with Gasteiger partial charge in [0.1, 0.15) is 11.5 Å². The largest absolute Gasteiger partial charge is 0.482 e. The molecule has 0 spiro atoms. The first kappa shape index (κ1) is 13.1. The lowest BCUT2D eigenvalue weighted by molar-refractivity contribution is -0.123. The molecule has 0 aliphatic rings. The smallest absolute Gasteiger partial charge is 0.257 e. The highest BCUT2D eigenvalue weighted by Crippen LogP contribution is 2.05. The van der Waals surface area contributed by atoms with Crippen molar-refractivity contribution in [3.63, 3.8) is 0 Å². The number of amides is 1. The topological polar surface area (TPSA) is 77.2 Å². The van der Waals surface area contributed by atoms with E-state index in [1.54, 1.807) is 24.5 Å². The van der Waals surface area contributed by atoms with Crippen molar-refractivity contribution in [3.8, 4) is 5.75 Å². The van der Waals surface area contributed by atoms with Gasteiger partial charge in [-0.2, -0.15) is 0 Å². The van der Waals surface area contributed by atoms with Crippen LogP contribution in [0, 0.1) is 6.92 Å². The highest BCUT2D eigenvalue weighted by Gasteiger charge is 2.04. The van der Waals surface area contributed by atoms with Crippen LogP contribution in [0.15, 0.2) is 35.1 Å². The first-order chi connectivity index (χ1) is 9.24. The summed E-state index contributed by atoms with van der Waals surface area (Å²) in [5.41, 5.74) is 0.834. The van der Waals surface area contributed by atoms with Gasteiger partial charge >= 0.3 is 0 Å². The Kier molecular flexibility index (Phi) is 4.49. The number of nitrogens with one attached hydrogen (secondary N) is 1. The van der Waals surface area contributed by atoms with Crippen molar-refractivity contribution in [1.29, 1.82) is 0 Å². The molecule has 6 nitrogen and oxygen atoms in total. The maximum atomic E-state index is 11.5. The Bertz CT molecular complexity index is 525. The summed E-state index contributed by atoms with van der Waals surface area (Å²) in [6.07, 6.45) is 3.82. The molecule has 0 aliphatic carbocycles. The summed E-state index contributed by atoms with van der Waals surface area (Å²) in [5.74, 6) is 1.15. The van der Waals surface area contributed by atoms with Crippen LogP contribution in [0.1, 0.15) is 11.5 Å². The fourth-order valence-corrected chi connectivity index (χ4v) is 1.49. The predicted octanol–water partition coefficient (Wildman–Crippen LogP) is 1.12. The Labute approximate surface area is 110 Å². The molecule has 2 rings (SSSR count). The number of nitrogens with zero attached hydrogens (tertiary/aromatic N) is 2. The number of hydrogen-bond donors (Lipinski definition) is 1. The predicted molar refractivity (Wildman–Crippen MR) is 67.7 cm³/mol. The number of pyridine rings is 1. The fraction of sp³-hybridized carbons (Fsp3) is 0.308. The third-order valence-electron chi connectivity index (χ3n) is 2.37. The van der Waals surface area contributed by atoms with E-state index in [9.17, 15) is 4.79 Å². The van der Waals surface area contributed by atoms with Crippen LogP contribution in [-0.2, 0) is 11.2 Å². The molecule has 2 aromatic heterocycles. The van der Waals surface area contributed by atoms with Crippen molar-refractivity contribution in [2.24, 2.45) is 0 Å². The van der Waals surface area contributed by atoms with Crippen molar-refractivity contribution in [1.82, 2.24) is 15.5 Å². The van der Waals surface area contributed by atoms with Crippen LogP contribution < -0.4 is 10.1 Å². The molecule has 2 aromatic rings. The summed E-state index contributed by atoms with van der Waals surface area (Å²) in [7, 11) is 0. The molecule has 0 atom stereocenters. The maximum absolute atomic E-state index is 11.5. The van der Waals surface area contributed by atoms with E-state index in [-0.39, 0.29) is 12.5 Å². The quantitative estimate of drug-likeness (QED) is 0.843. The molecule has 0 radical (unpaired) electrons. The van der Waals surface area contributed by atoms with E-state index in [2.05, 4.69) is 15.5 Å². The van der Waals surface area contributed by atoms with Crippen molar-refractivity contribution in [2.75, 3.05) is 13.2 Å². The number of hydrogen-bond acceptors (Lipinski definition) is 5. The zero-order chi connectivity index (χ0) is 13.5. The second-order valence-electron chi connectivity index (χ2n) is 4.01. The van der Waals surface area contributed by atoms with Gasteiger partial charge in [-0.1, -0.05) is 5.16 Å². The zero-order valence-corrected chi connectivity index (χ0v) is 10.6. The van der Waals surface area contributed by atoms with Gasteiger partial charge in [0.15, 0.2) is 6.61 Å². The molecule has 19 heavy (non-hydrogen) atoms. The summed E-state index contributed by atoms with van der Waals surface area (Å²) < 4.78 is 10.3. The molecule has 1 N–H and O–H groups in total. The van der Waals surface area contributed by atoms with Crippen LogP contribution in [0.3, 0.4) is 0 Å². The van der Waals surface area contributed by atoms with Crippen LogP contribution in [0.25, 0.3) is 0 Å². The molecule has 0 unspecified atom stereocenters. The molecular weight excluding hydrogens is 246 g/mol. The van der Waals surface area contributed by atoms with Gasteiger partial charge in [-0.25, -0.2) is 0 Å². The van der Waals surface area contributed by atoms with Crippen LogP contribution in [0.5, 0.6) is 5.75 Å². The molecule has 100 valence electrons. The molecule has 0 saturated carbocycles. The lowest BCUT2D eigenvalue weighted by Crippen LogP contribution is -2.30. The van der Waals surface area contributed by atoms with Gasteiger partial charge in [0.05, 0.1) is 11.9 Å². The number of carbonyl (C=O) groups is 1. The van der Waals surface area contributed by atoms with E-state index >= 15 is 0 Å². The Morgan fingerprint density at radius 1 is 1.53 bits per heavy atom. The van der Waals surface area contributed by atoms with Crippen molar-refractivity contribution >= 4 is 5.91 Å². The van der Waals surface area contributed by atoms with Crippen LogP contribution >= 0.6 is 0 Å².